The molecule has 1 unspecified atom stereocenters. The molecule has 0 radical (unpaired) electrons. The van der Waals surface area contributed by atoms with Gasteiger partial charge in [0.1, 0.15) is 5.82 Å². The first-order valence-corrected chi connectivity index (χ1v) is 6.61. The summed E-state index contributed by atoms with van der Waals surface area (Å²) in [5.41, 5.74) is 0.756. The largest absolute Gasteiger partial charge is 0.311 e. The number of rotatable bonds is 3. The summed E-state index contributed by atoms with van der Waals surface area (Å²) in [5.74, 6) is 0.228. The highest BCUT2D eigenvalue weighted by Gasteiger charge is 2.37. The number of halogens is 2. The average Bonchev–Trinajstić information content (AvgIpc) is 2.75. The van der Waals surface area contributed by atoms with Gasteiger partial charge in [-0.2, -0.15) is 0 Å². The minimum atomic E-state index is -0.261. The van der Waals surface area contributed by atoms with Crippen LogP contribution in [0, 0.1) is 11.7 Å². The van der Waals surface area contributed by atoms with Crippen LogP contribution in [-0.2, 0) is 6.42 Å². The molecule has 1 saturated heterocycles. The van der Waals surface area contributed by atoms with Crippen LogP contribution in [0.4, 0.5) is 4.39 Å². The summed E-state index contributed by atoms with van der Waals surface area (Å²) in [7, 11) is 0. The molecule has 1 nitrogen and oxygen atoms in total. The van der Waals surface area contributed by atoms with E-state index in [0.717, 1.165) is 24.9 Å². The molecular weight excluding hydrogens is 237 g/mol. The van der Waals surface area contributed by atoms with Gasteiger partial charge >= 0.3 is 0 Å². The molecule has 0 aromatic heterocycles. The zero-order valence-corrected chi connectivity index (χ0v) is 11.1. The normalized spacial score (nSPS) is 24.5. The smallest absolute Gasteiger partial charge is 0.145 e. The third-order valence-electron chi connectivity index (χ3n) is 3.92. The maximum Gasteiger partial charge on any atom is 0.145 e. The van der Waals surface area contributed by atoms with E-state index in [1.54, 1.807) is 6.07 Å². The molecular formula is C14H19ClFN. The lowest BCUT2D eigenvalue weighted by atomic mass is 9.79. The Kier molecular flexibility index (Phi) is 3.74. The van der Waals surface area contributed by atoms with Crippen LogP contribution in [0.25, 0.3) is 0 Å². The van der Waals surface area contributed by atoms with Gasteiger partial charge in [-0.25, -0.2) is 4.39 Å². The molecule has 1 fully saturated rings. The van der Waals surface area contributed by atoms with Crippen molar-refractivity contribution in [1.82, 2.24) is 5.32 Å². The predicted molar refractivity (Wildman–Crippen MR) is 69.9 cm³/mol. The van der Waals surface area contributed by atoms with E-state index in [-0.39, 0.29) is 16.4 Å². The van der Waals surface area contributed by atoms with Gasteiger partial charge in [0.25, 0.3) is 0 Å². The van der Waals surface area contributed by atoms with Gasteiger partial charge in [-0.3, -0.25) is 0 Å². The Balaban J connectivity index is 2.27. The van der Waals surface area contributed by atoms with E-state index in [0.29, 0.717) is 5.92 Å². The van der Waals surface area contributed by atoms with Crippen molar-refractivity contribution in [1.29, 1.82) is 0 Å². The van der Waals surface area contributed by atoms with Gasteiger partial charge in [0.15, 0.2) is 0 Å². The van der Waals surface area contributed by atoms with E-state index in [2.05, 4.69) is 19.2 Å². The fraction of sp³-hybridized carbons (Fsp3) is 0.571. The first-order chi connectivity index (χ1) is 8.05. The summed E-state index contributed by atoms with van der Waals surface area (Å²) < 4.78 is 13.9. The summed E-state index contributed by atoms with van der Waals surface area (Å²) in [5, 5.41) is 3.78. The lowest BCUT2D eigenvalue weighted by Crippen LogP contribution is -2.46. The van der Waals surface area contributed by atoms with Gasteiger partial charge in [0, 0.05) is 5.54 Å². The van der Waals surface area contributed by atoms with Gasteiger partial charge in [0.2, 0.25) is 0 Å². The van der Waals surface area contributed by atoms with E-state index >= 15 is 0 Å². The number of nitrogens with one attached hydrogen (secondary N) is 1. The maximum atomic E-state index is 13.9. The molecule has 1 aromatic rings. The van der Waals surface area contributed by atoms with Crippen molar-refractivity contribution in [2.24, 2.45) is 5.92 Å². The van der Waals surface area contributed by atoms with Crippen molar-refractivity contribution >= 4 is 11.6 Å². The third-order valence-corrected chi connectivity index (χ3v) is 4.21. The molecule has 94 valence electrons. The van der Waals surface area contributed by atoms with Gasteiger partial charge < -0.3 is 5.32 Å². The molecule has 3 heteroatoms. The molecule has 2 rings (SSSR count). The Morgan fingerprint density at radius 3 is 2.82 bits per heavy atom. The highest BCUT2D eigenvalue weighted by atomic mass is 35.5. The predicted octanol–water partition coefficient (Wildman–Crippen LogP) is 3.80. The third kappa shape index (κ3) is 2.48. The fourth-order valence-corrected chi connectivity index (χ4v) is 2.90. The van der Waals surface area contributed by atoms with Crippen LogP contribution in [0.1, 0.15) is 32.3 Å². The van der Waals surface area contributed by atoms with E-state index in [1.165, 1.54) is 6.42 Å². The molecule has 1 atom stereocenters. The first kappa shape index (κ1) is 12.8. The minimum absolute atomic E-state index is 0.0333. The maximum absolute atomic E-state index is 13.9. The van der Waals surface area contributed by atoms with Crippen LogP contribution in [0.3, 0.4) is 0 Å². The van der Waals surface area contributed by atoms with Gasteiger partial charge in [-0.1, -0.05) is 37.6 Å². The van der Waals surface area contributed by atoms with Crippen LogP contribution in [0.2, 0.25) is 5.02 Å². The van der Waals surface area contributed by atoms with Crippen LogP contribution < -0.4 is 5.32 Å². The molecule has 0 amide bonds. The van der Waals surface area contributed by atoms with Gasteiger partial charge in [0.05, 0.1) is 5.02 Å². The molecule has 1 aromatic carbocycles. The first-order valence-electron chi connectivity index (χ1n) is 6.23. The lowest BCUT2D eigenvalue weighted by molar-refractivity contribution is 0.266. The molecule has 1 aliphatic rings. The van der Waals surface area contributed by atoms with Crippen molar-refractivity contribution in [3.05, 3.63) is 34.6 Å². The van der Waals surface area contributed by atoms with Crippen LogP contribution >= 0.6 is 11.6 Å². The SMILES string of the molecule is CC(C)C1(Cc2cccc(Cl)c2F)CCCN1. The summed E-state index contributed by atoms with van der Waals surface area (Å²) in [4.78, 5) is 0. The number of hydrogen-bond acceptors (Lipinski definition) is 1. The van der Waals surface area contributed by atoms with Crippen molar-refractivity contribution in [3.8, 4) is 0 Å². The second-order valence-corrected chi connectivity index (χ2v) is 5.64. The van der Waals surface area contributed by atoms with Crippen molar-refractivity contribution in [3.63, 3.8) is 0 Å². The van der Waals surface area contributed by atoms with Crippen LogP contribution in [-0.4, -0.2) is 12.1 Å². The molecule has 1 heterocycles. The highest BCUT2D eigenvalue weighted by molar-refractivity contribution is 6.30. The molecule has 0 aliphatic carbocycles. The summed E-state index contributed by atoms with van der Waals surface area (Å²) in [6, 6.07) is 5.26. The summed E-state index contributed by atoms with van der Waals surface area (Å²) >= 11 is 5.83. The Morgan fingerprint density at radius 2 is 2.24 bits per heavy atom. The second-order valence-electron chi connectivity index (χ2n) is 5.23. The van der Waals surface area contributed by atoms with Crippen LogP contribution in [0.5, 0.6) is 0 Å². The average molecular weight is 256 g/mol. The van der Waals surface area contributed by atoms with Crippen LogP contribution in [0.15, 0.2) is 18.2 Å². The highest BCUT2D eigenvalue weighted by Crippen LogP contribution is 2.33. The molecule has 1 aliphatic heterocycles. The fourth-order valence-electron chi connectivity index (χ4n) is 2.70. The van der Waals surface area contributed by atoms with E-state index in [9.17, 15) is 4.39 Å². The van der Waals surface area contributed by atoms with Gasteiger partial charge in [-0.15, -0.1) is 0 Å². The second kappa shape index (κ2) is 4.95. The Labute approximate surface area is 107 Å². The Hall–Kier alpha value is -0.600. The number of hydrogen-bond donors (Lipinski definition) is 1. The Bertz CT molecular complexity index is 397. The minimum Gasteiger partial charge on any atom is -0.311 e. The van der Waals surface area contributed by atoms with E-state index < -0.39 is 0 Å². The van der Waals surface area contributed by atoms with Crippen molar-refractivity contribution < 1.29 is 4.39 Å². The van der Waals surface area contributed by atoms with Gasteiger partial charge in [-0.05, 0) is 43.4 Å². The molecule has 17 heavy (non-hydrogen) atoms. The Morgan fingerprint density at radius 1 is 1.47 bits per heavy atom. The van der Waals surface area contributed by atoms with Crippen molar-refractivity contribution in [2.45, 2.75) is 38.6 Å². The molecule has 0 saturated carbocycles. The summed E-state index contributed by atoms with van der Waals surface area (Å²) in [6.45, 7) is 5.42. The topological polar surface area (TPSA) is 12.0 Å². The quantitative estimate of drug-likeness (QED) is 0.866. The standard InChI is InChI=1S/C14H19ClFN/c1-10(2)14(7-4-8-17-14)9-11-5-3-6-12(15)13(11)16/h3,5-6,10,17H,4,7-9H2,1-2H3. The van der Waals surface area contributed by atoms with E-state index in [1.807, 2.05) is 12.1 Å². The van der Waals surface area contributed by atoms with Crippen molar-refractivity contribution in [2.75, 3.05) is 6.54 Å². The number of benzene rings is 1. The molecule has 0 bridgehead atoms. The zero-order valence-electron chi connectivity index (χ0n) is 10.4. The zero-order chi connectivity index (χ0) is 12.5. The monoisotopic (exact) mass is 255 g/mol. The molecule has 0 spiro atoms. The van der Waals surface area contributed by atoms with E-state index in [4.69, 9.17) is 11.6 Å². The summed E-state index contributed by atoms with van der Waals surface area (Å²) in [6.07, 6.45) is 2.99. The lowest BCUT2D eigenvalue weighted by Gasteiger charge is -2.34. The molecule has 1 N–H and O–H groups in total.